The van der Waals surface area contributed by atoms with Crippen LogP contribution in [-0.2, 0) is 12.8 Å². The third kappa shape index (κ3) is 2.08. The van der Waals surface area contributed by atoms with Crippen molar-refractivity contribution < 1.29 is 0 Å². The molecule has 1 aliphatic carbocycles. The minimum Gasteiger partial charge on any atom is -0.384 e. The van der Waals surface area contributed by atoms with Crippen LogP contribution in [0.1, 0.15) is 29.8 Å². The van der Waals surface area contributed by atoms with Crippen LogP contribution in [0, 0.1) is 6.92 Å². The highest BCUT2D eigenvalue weighted by Gasteiger charge is 2.11. The number of nitrogen functional groups attached to an aromatic ring is 1. The highest BCUT2D eigenvalue weighted by Crippen LogP contribution is 2.27. The average molecular weight is 239 g/mol. The summed E-state index contributed by atoms with van der Waals surface area (Å²) in [5, 5.41) is 0. The maximum Gasteiger partial charge on any atom is 0.128 e. The molecule has 2 aromatic rings. The lowest BCUT2D eigenvalue weighted by Gasteiger charge is -2.16. The Balaban J connectivity index is 2.06. The molecule has 18 heavy (non-hydrogen) atoms. The van der Waals surface area contributed by atoms with Crippen LogP contribution in [0.3, 0.4) is 0 Å². The van der Waals surface area contributed by atoms with Gasteiger partial charge in [-0.05, 0) is 49.8 Å². The summed E-state index contributed by atoms with van der Waals surface area (Å²) in [7, 11) is 0. The SMILES string of the molecule is Cc1nc(N)cc(-c2ccc3c(c2)CCCC3)n1. The number of fused-ring (bicyclic) bond motifs is 1. The van der Waals surface area contributed by atoms with Gasteiger partial charge in [0.1, 0.15) is 11.6 Å². The second-order valence-electron chi connectivity index (χ2n) is 4.92. The zero-order valence-electron chi connectivity index (χ0n) is 10.6. The van der Waals surface area contributed by atoms with E-state index in [2.05, 4.69) is 28.2 Å². The predicted molar refractivity (Wildman–Crippen MR) is 73.3 cm³/mol. The van der Waals surface area contributed by atoms with Gasteiger partial charge in [-0.25, -0.2) is 9.97 Å². The molecule has 0 fully saturated rings. The Bertz CT molecular complexity index is 570. The van der Waals surface area contributed by atoms with Crippen LogP contribution in [0.25, 0.3) is 11.3 Å². The van der Waals surface area contributed by atoms with Crippen LogP contribution >= 0.6 is 0 Å². The number of benzene rings is 1. The van der Waals surface area contributed by atoms with Gasteiger partial charge in [0.25, 0.3) is 0 Å². The third-order valence-corrected chi connectivity index (χ3v) is 3.50. The first-order valence-corrected chi connectivity index (χ1v) is 6.46. The molecule has 0 bridgehead atoms. The molecular weight excluding hydrogens is 222 g/mol. The van der Waals surface area contributed by atoms with E-state index in [1.54, 1.807) is 0 Å². The molecule has 3 heteroatoms. The Morgan fingerprint density at radius 2 is 1.78 bits per heavy atom. The first-order valence-electron chi connectivity index (χ1n) is 6.46. The summed E-state index contributed by atoms with van der Waals surface area (Å²) >= 11 is 0. The number of aromatic nitrogens is 2. The van der Waals surface area contributed by atoms with E-state index in [1.165, 1.54) is 36.8 Å². The van der Waals surface area contributed by atoms with Gasteiger partial charge in [0.2, 0.25) is 0 Å². The van der Waals surface area contributed by atoms with Gasteiger partial charge in [-0.3, -0.25) is 0 Å². The van der Waals surface area contributed by atoms with E-state index in [9.17, 15) is 0 Å². The van der Waals surface area contributed by atoms with Gasteiger partial charge in [-0.1, -0.05) is 12.1 Å². The minimum absolute atomic E-state index is 0.537. The highest BCUT2D eigenvalue weighted by atomic mass is 14.9. The second kappa shape index (κ2) is 4.41. The van der Waals surface area contributed by atoms with Crippen molar-refractivity contribution in [1.82, 2.24) is 9.97 Å². The molecule has 3 rings (SSSR count). The maximum absolute atomic E-state index is 5.78. The van der Waals surface area contributed by atoms with Crippen molar-refractivity contribution in [3.05, 3.63) is 41.2 Å². The van der Waals surface area contributed by atoms with Gasteiger partial charge in [0.15, 0.2) is 0 Å². The molecule has 1 aromatic carbocycles. The van der Waals surface area contributed by atoms with E-state index in [1.807, 2.05) is 13.0 Å². The average Bonchev–Trinajstić information content (AvgIpc) is 2.37. The number of hydrogen-bond donors (Lipinski definition) is 1. The molecule has 92 valence electrons. The van der Waals surface area contributed by atoms with E-state index in [4.69, 9.17) is 5.73 Å². The Morgan fingerprint density at radius 3 is 2.56 bits per heavy atom. The standard InChI is InChI=1S/C15H17N3/c1-10-17-14(9-15(16)18-10)13-7-6-11-4-2-3-5-12(11)8-13/h6-9H,2-5H2,1H3,(H2,16,17,18). The maximum atomic E-state index is 5.78. The molecule has 1 heterocycles. The van der Waals surface area contributed by atoms with Crippen molar-refractivity contribution in [2.24, 2.45) is 0 Å². The van der Waals surface area contributed by atoms with Crippen LogP contribution in [0.15, 0.2) is 24.3 Å². The van der Waals surface area contributed by atoms with Crippen molar-refractivity contribution in [1.29, 1.82) is 0 Å². The topological polar surface area (TPSA) is 51.8 Å². The van der Waals surface area contributed by atoms with Gasteiger partial charge in [0, 0.05) is 11.6 Å². The smallest absolute Gasteiger partial charge is 0.128 e. The molecule has 0 saturated heterocycles. The first kappa shape index (κ1) is 11.2. The van der Waals surface area contributed by atoms with Crippen LogP contribution in [0.5, 0.6) is 0 Å². The molecule has 1 aromatic heterocycles. The molecule has 0 saturated carbocycles. The predicted octanol–water partition coefficient (Wildman–Crippen LogP) is 2.91. The van der Waals surface area contributed by atoms with E-state index in [0.29, 0.717) is 5.82 Å². The van der Waals surface area contributed by atoms with E-state index >= 15 is 0 Å². The Labute approximate surface area is 107 Å². The molecule has 3 nitrogen and oxygen atoms in total. The van der Waals surface area contributed by atoms with Crippen molar-refractivity contribution in [2.75, 3.05) is 5.73 Å². The van der Waals surface area contributed by atoms with Gasteiger partial charge in [-0.2, -0.15) is 0 Å². The number of aryl methyl sites for hydroxylation is 3. The van der Waals surface area contributed by atoms with E-state index < -0.39 is 0 Å². The molecule has 0 unspecified atom stereocenters. The van der Waals surface area contributed by atoms with Crippen LogP contribution in [-0.4, -0.2) is 9.97 Å². The van der Waals surface area contributed by atoms with Crippen molar-refractivity contribution in [3.8, 4) is 11.3 Å². The lowest BCUT2D eigenvalue weighted by Crippen LogP contribution is -2.03. The summed E-state index contributed by atoms with van der Waals surface area (Å²) in [6.07, 6.45) is 5.00. The monoisotopic (exact) mass is 239 g/mol. The molecule has 0 radical (unpaired) electrons. The second-order valence-corrected chi connectivity index (χ2v) is 4.92. The fraction of sp³-hybridized carbons (Fsp3) is 0.333. The molecule has 0 aliphatic heterocycles. The Kier molecular flexibility index (Phi) is 2.74. The Morgan fingerprint density at radius 1 is 1.00 bits per heavy atom. The van der Waals surface area contributed by atoms with Crippen molar-refractivity contribution in [2.45, 2.75) is 32.6 Å². The molecule has 0 spiro atoms. The van der Waals surface area contributed by atoms with Crippen molar-refractivity contribution in [3.63, 3.8) is 0 Å². The summed E-state index contributed by atoms with van der Waals surface area (Å²) in [5.41, 5.74) is 10.8. The quantitative estimate of drug-likeness (QED) is 0.832. The molecular formula is C15H17N3. The van der Waals surface area contributed by atoms with Gasteiger partial charge < -0.3 is 5.73 Å². The summed E-state index contributed by atoms with van der Waals surface area (Å²) in [6, 6.07) is 8.48. The van der Waals surface area contributed by atoms with Crippen LogP contribution in [0.2, 0.25) is 0 Å². The summed E-state index contributed by atoms with van der Waals surface area (Å²) < 4.78 is 0. The lowest BCUT2D eigenvalue weighted by atomic mass is 9.90. The number of hydrogen-bond acceptors (Lipinski definition) is 3. The normalized spacial score (nSPS) is 14.3. The summed E-state index contributed by atoms with van der Waals surface area (Å²) in [5.74, 6) is 1.26. The highest BCUT2D eigenvalue weighted by molar-refractivity contribution is 5.63. The van der Waals surface area contributed by atoms with Crippen LogP contribution < -0.4 is 5.73 Å². The number of nitrogens with two attached hydrogens (primary N) is 1. The minimum atomic E-state index is 0.537. The van der Waals surface area contributed by atoms with Gasteiger partial charge >= 0.3 is 0 Å². The first-order chi connectivity index (χ1) is 8.72. The van der Waals surface area contributed by atoms with E-state index in [0.717, 1.165) is 17.1 Å². The number of rotatable bonds is 1. The fourth-order valence-electron chi connectivity index (χ4n) is 2.63. The molecule has 2 N–H and O–H groups in total. The molecule has 0 atom stereocenters. The number of anilines is 1. The summed E-state index contributed by atoms with van der Waals surface area (Å²) in [6.45, 7) is 1.87. The van der Waals surface area contributed by atoms with Crippen molar-refractivity contribution >= 4 is 5.82 Å². The largest absolute Gasteiger partial charge is 0.384 e. The zero-order valence-corrected chi connectivity index (χ0v) is 10.6. The Hall–Kier alpha value is -1.90. The molecule has 1 aliphatic rings. The van der Waals surface area contributed by atoms with Crippen LogP contribution in [0.4, 0.5) is 5.82 Å². The van der Waals surface area contributed by atoms with Gasteiger partial charge in [-0.15, -0.1) is 0 Å². The van der Waals surface area contributed by atoms with Gasteiger partial charge in [0.05, 0.1) is 5.69 Å². The molecule has 0 amide bonds. The third-order valence-electron chi connectivity index (χ3n) is 3.50. The summed E-state index contributed by atoms with van der Waals surface area (Å²) in [4.78, 5) is 8.58. The number of nitrogens with zero attached hydrogens (tertiary/aromatic N) is 2. The zero-order chi connectivity index (χ0) is 12.5. The lowest BCUT2D eigenvalue weighted by molar-refractivity contribution is 0.686. The van der Waals surface area contributed by atoms with E-state index in [-0.39, 0.29) is 0 Å². The fourth-order valence-corrected chi connectivity index (χ4v) is 2.63.